The summed E-state index contributed by atoms with van der Waals surface area (Å²) in [4.78, 5) is 25.9. The smallest absolute Gasteiger partial charge is 0.416 e. The van der Waals surface area contributed by atoms with E-state index in [0.717, 1.165) is 35.9 Å². The molecule has 3 rings (SSSR count). The van der Waals surface area contributed by atoms with Gasteiger partial charge in [-0.15, -0.1) is 0 Å². The van der Waals surface area contributed by atoms with Gasteiger partial charge in [-0.25, -0.2) is 4.79 Å². The molecule has 0 bridgehead atoms. The van der Waals surface area contributed by atoms with Gasteiger partial charge in [-0.05, 0) is 48.7 Å². The van der Waals surface area contributed by atoms with E-state index >= 15 is 0 Å². The molecule has 0 unspecified atom stereocenters. The molecule has 0 radical (unpaired) electrons. The van der Waals surface area contributed by atoms with Crippen molar-refractivity contribution in [1.82, 2.24) is 0 Å². The van der Waals surface area contributed by atoms with Gasteiger partial charge in [0.1, 0.15) is 0 Å². The number of para-hydroxylation sites is 1. The molecule has 0 fully saturated rings. The van der Waals surface area contributed by atoms with Gasteiger partial charge in [0.2, 0.25) is 0 Å². The zero-order chi connectivity index (χ0) is 20.3. The summed E-state index contributed by atoms with van der Waals surface area (Å²) in [6.07, 6.45) is -1.51. The zero-order valence-electron chi connectivity index (χ0n) is 15.1. The summed E-state index contributed by atoms with van der Waals surface area (Å²) in [5.74, 6) is -1.15. The number of hydrogen-bond acceptors (Lipinski definition) is 3. The Hall–Kier alpha value is -3.09. The average molecular weight is 389 g/mol. The van der Waals surface area contributed by atoms with Crippen molar-refractivity contribution in [3.8, 4) is 0 Å². The van der Waals surface area contributed by atoms with E-state index in [9.17, 15) is 22.8 Å². The number of hydrogen-bond donors (Lipinski definition) is 0. The van der Waals surface area contributed by atoms with Crippen molar-refractivity contribution in [2.24, 2.45) is 0 Å². The first-order valence-electron chi connectivity index (χ1n) is 8.68. The van der Waals surface area contributed by atoms with Gasteiger partial charge in [0.15, 0.2) is 6.61 Å². The topological polar surface area (TPSA) is 46.6 Å². The predicted molar refractivity (Wildman–Crippen MR) is 98.5 cm³/mol. The van der Waals surface area contributed by atoms with Crippen LogP contribution in [0.2, 0.25) is 0 Å². The monoisotopic (exact) mass is 389 g/mol. The first-order chi connectivity index (χ1) is 13.3. The number of carbonyl (C=O) groups excluding carboxylic acids is 2. The van der Waals surface area contributed by atoms with Gasteiger partial charge in [-0.1, -0.05) is 30.3 Å². The lowest BCUT2D eigenvalue weighted by Crippen LogP contribution is -2.38. The predicted octanol–water partition coefficient (Wildman–Crippen LogP) is 4.24. The van der Waals surface area contributed by atoms with E-state index in [-0.39, 0.29) is 17.5 Å². The quantitative estimate of drug-likeness (QED) is 0.581. The van der Waals surface area contributed by atoms with Crippen LogP contribution in [0.25, 0.3) is 6.08 Å². The van der Waals surface area contributed by atoms with Crippen LogP contribution in [-0.2, 0) is 26.9 Å². The highest BCUT2D eigenvalue weighted by molar-refractivity contribution is 5.98. The van der Waals surface area contributed by atoms with Crippen LogP contribution in [0, 0.1) is 0 Å². The molecule has 0 aliphatic carbocycles. The maximum Gasteiger partial charge on any atom is 0.416 e. The summed E-state index contributed by atoms with van der Waals surface area (Å²) in [7, 11) is 0. The van der Waals surface area contributed by atoms with Gasteiger partial charge in [-0.2, -0.15) is 13.2 Å². The summed E-state index contributed by atoms with van der Waals surface area (Å²) in [5, 5.41) is 0. The van der Waals surface area contributed by atoms with Gasteiger partial charge in [0.25, 0.3) is 5.91 Å². The molecule has 0 spiro atoms. The van der Waals surface area contributed by atoms with Crippen LogP contribution in [0.15, 0.2) is 54.6 Å². The molecule has 2 aromatic carbocycles. The van der Waals surface area contributed by atoms with Crippen LogP contribution in [-0.4, -0.2) is 24.5 Å². The number of benzene rings is 2. The number of nitrogens with zero attached hydrogens (tertiary/aromatic N) is 1. The van der Waals surface area contributed by atoms with Crippen LogP contribution < -0.4 is 4.90 Å². The van der Waals surface area contributed by atoms with Crippen molar-refractivity contribution < 1.29 is 27.5 Å². The Labute approximate surface area is 160 Å². The molecule has 1 heterocycles. The highest BCUT2D eigenvalue weighted by atomic mass is 19.4. The van der Waals surface area contributed by atoms with E-state index < -0.39 is 24.3 Å². The van der Waals surface area contributed by atoms with Gasteiger partial charge >= 0.3 is 12.1 Å². The lowest BCUT2D eigenvalue weighted by atomic mass is 10.1. The second kappa shape index (κ2) is 7.88. The summed E-state index contributed by atoms with van der Waals surface area (Å²) < 4.78 is 43.1. The Bertz CT molecular complexity index is 921. The van der Waals surface area contributed by atoms with Crippen molar-refractivity contribution in [3.63, 3.8) is 0 Å². The Morgan fingerprint density at radius 3 is 2.68 bits per heavy atom. The number of anilines is 1. The van der Waals surface area contributed by atoms with Gasteiger partial charge < -0.3 is 9.64 Å². The Kier molecular flexibility index (Phi) is 5.53. The van der Waals surface area contributed by atoms with E-state index in [1.54, 1.807) is 4.90 Å². The third kappa shape index (κ3) is 4.42. The molecule has 1 aliphatic rings. The van der Waals surface area contributed by atoms with Gasteiger partial charge in [0, 0.05) is 17.8 Å². The first kappa shape index (κ1) is 19.7. The van der Waals surface area contributed by atoms with Crippen LogP contribution in [0.1, 0.15) is 23.6 Å². The second-order valence-corrected chi connectivity index (χ2v) is 6.51. The second-order valence-electron chi connectivity index (χ2n) is 6.51. The normalized spacial score (nSPS) is 16.3. The number of amides is 1. The first-order valence-corrected chi connectivity index (χ1v) is 8.68. The minimum atomic E-state index is -4.46. The third-order valence-electron chi connectivity index (χ3n) is 4.44. The molecule has 0 aromatic heterocycles. The lowest BCUT2D eigenvalue weighted by Gasteiger charge is -2.22. The van der Waals surface area contributed by atoms with Crippen molar-refractivity contribution >= 4 is 23.6 Å². The fourth-order valence-corrected chi connectivity index (χ4v) is 3.18. The number of ether oxygens (including phenoxy) is 1. The Balaban J connectivity index is 1.59. The molecule has 2 aromatic rings. The summed E-state index contributed by atoms with van der Waals surface area (Å²) in [6, 6.07) is 12.1. The SMILES string of the molecule is C[C@H]1Cc2ccccc2N1C(=O)COC(=O)/C=C/c1cccc(C(F)(F)F)c1. The average Bonchev–Trinajstić information content (AvgIpc) is 2.99. The van der Waals surface area contributed by atoms with E-state index in [0.29, 0.717) is 0 Å². The number of carbonyl (C=O) groups is 2. The molecular weight excluding hydrogens is 371 g/mol. The number of fused-ring (bicyclic) bond motifs is 1. The Morgan fingerprint density at radius 1 is 1.18 bits per heavy atom. The van der Waals surface area contributed by atoms with Gasteiger partial charge in [0.05, 0.1) is 5.56 Å². The van der Waals surface area contributed by atoms with Gasteiger partial charge in [-0.3, -0.25) is 4.79 Å². The molecule has 4 nitrogen and oxygen atoms in total. The molecule has 1 atom stereocenters. The minimum absolute atomic E-state index is 0.0377. The molecule has 1 aliphatic heterocycles. The minimum Gasteiger partial charge on any atom is -0.452 e. The van der Waals surface area contributed by atoms with Crippen molar-refractivity contribution in [1.29, 1.82) is 0 Å². The Morgan fingerprint density at radius 2 is 1.93 bits per heavy atom. The zero-order valence-corrected chi connectivity index (χ0v) is 15.1. The molecule has 1 amide bonds. The standard InChI is InChI=1S/C21H18F3NO3/c1-14-11-16-6-2-3-8-18(16)25(14)19(26)13-28-20(27)10-9-15-5-4-7-17(12-15)21(22,23)24/h2-10,12,14H,11,13H2,1H3/b10-9+/t14-/m0/s1. The fourth-order valence-electron chi connectivity index (χ4n) is 3.18. The maximum atomic E-state index is 12.7. The van der Waals surface area contributed by atoms with Crippen LogP contribution in [0.5, 0.6) is 0 Å². The van der Waals surface area contributed by atoms with Crippen LogP contribution in [0.4, 0.5) is 18.9 Å². The molecule has 146 valence electrons. The van der Waals surface area contributed by atoms with E-state index in [4.69, 9.17) is 4.74 Å². The molecule has 0 N–H and O–H groups in total. The van der Waals surface area contributed by atoms with Crippen molar-refractivity contribution in [2.75, 3.05) is 11.5 Å². The number of esters is 1. The number of rotatable bonds is 4. The number of alkyl halides is 3. The van der Waals surface area contributed by atoms with Crippen LogP contribution in [0.3, 0.4) is 0 Å². The highest BCUT2D eigenvalue weighted by Crippen LogP contribution is 2.32. The summed E-state index contributed by atoms with van der Waals surface area (Å²) >= 11 is 0. The molecule has 0 saturated carbocycles. The third-order valence-corrected chi connectivity index (χ3v) is 4.44. The largest absolute Gasteiger partial charge is 0.452 e. The van der Waals surface area contributed by atoms with Crippen molar-refractivity contribution in [2.45, 2.75) is 25.6 Å². The number of halogens is 3. The van der Waals surface area contributed by atoms with E-state index in [1.807, 2.05) is 31.2 Å². The fraction of sp³-hybridized carbons (Fsp3) is 0.238. The molecular formula is C21H18F3NO3. The van der Waals surface area contributed by atoms with E-state index in [1.165, 1.54) is 18.2 Å². The van der Waals surface area contributed by atoms with Crippen molar-refractivity contribution in [3.05, 3.63) is 71.3 Å². The maximum absolute atomic E-state index is 12.7. The molecule has 7 heteroatoms. The molecule has 0 saturated heterocycles. The highest BCUT2D eigenvalue weighted by Gasteiger charge is 2.31. The molecule has 28 heavy (non-hydrogen) atoms. The van der Waals surface area contributed by atoms with E-state index in [2.05, 4.69) is 0 Å². The summed E-state index contributed by atoms with van der Waals surface area (Å²) in [5.41, 5.74) is 1.26. The van der Waals surface area contributed by atoms with Crippen LogP contribution >= 0.6 is 0 Å². The summed E-state index contributed by atoms with van der Waals surface area (Å²) in [6.45, 7) is 1.47. The lowest BCUT2D eigenvalue weighted by molar-refractivity contribution is -0.143.